The summed E-state index contributed by atoms with van der Waals surface area (Å²) < 4.78 is 34.2. The van der Waals surface area contributed by atoms with Crippen LogP contribution in [0.25, 0.3) is 0 Å². The maximum Gasteiger partial charge on any atom is 0.220 e. The lowest BCUT2D eigenvalue weighted by Gasteiger charge is -2.48. The average molecular weight is 1310 g/mol. The normalized spacial score (nSPS) is 27.9. The summed E-state index contributed by atoms with van der Waals surface area (Å²) in [5.74, 6) is -0.244. The van der Waals surface area contributed by atoms with Gasteiger partial charge in [0, 0.05) is 6.42 Å². The van der Waals surface area contributed by atoms with Gasteiger partial charge in [0.15, 0.2) is 18.9 Å². The second-order valence-electron chi connectivity index (χ2n) is 26.4. The summed E-state index contributed by atoms with van der Waals surface area (Å²) in [5, 5.41) is 120. The van der Waals surface area contributed by atoms with E-state index in [0.717, 1.165) is 83.5 Å². The van der Waals surface area contributed by atoms with Gasteiger partial charge in [0.05, 0.1) is 38.6 Å². The molecule has 3 saturated heterocycles. The van der Waals surface area contributed by atoms with Crippen LogP contribution in [0.15, 0.2) is 48.6 Å². The van der Waals surface area contributed by atoms with Crippen LogP contribution < -0.4 is 5.32 Å². The maximum absolute atomic E-state index is 13.3. The lowest BCUT2D eigenvalue weighted by atomic mass is 9.96. The summed E-state index contributed by atoms with van der Waals surface area (Å²) in [6.07, 6.45) is 40.3. The number of aliphatic hydroxyl groups excluding tert-OH is 11. The summed E-state index contributed by atoms with van der Waals surface area (Å²) in [5.41, 5.74) is 0. The Kier molecular flexibility index (Phi) is 50.0. The number of aliphatic hydroxyl groups is 11. The van der Waals surface area contributed by atoms with E-state index in [-0.39, 0.29) is 18.9 Å². The number of hydrogen-bond donors (Lipinski definition) is 12. The van der Waals surface area contributed by atoms with Crippen molar-refractivity contribution in [3.05, 3.63) is 48.6 Å². The van der Waals surface area contributed by atoms with Crippen LogP contribution in [0.2, 0.25) is 0 Å². The quantitative estimate of drug-likeness (QED) is 0.0199. The van der Waals surface area contributed by atoms with Crippen LogP contribution in [0.1, 0.15) is 277 Å². The van der Waals surface area contributed by atoms with Gasteiger partial charge in [-0.3, -0.25) is 4.79 Å². The third-order valence-corrected chi connectivity index (χ3v) is 18.4. The van der Waals surface area contributed by atoms with E-state index < -0.39 is 124 Å². The van der Waals surface area contributed by atoms with Crippen molar-refractivity contribution in [2.75, 3.05) is 26.4 Å². The van der Waals surface area contributed by atoms with E-state index in [1.807, 2.05) is 0 Å². The van der Waals surface area contributed by atoms with Crippen LogP contribution in [0.5, 0.6) is 0 Å². The Hall–Kier alpha value is -2.25. The number of allylic oxidation sites excluding steroid dienone is 8. The van der Waals surface area contributed by atoms with E-state index in [4.69, 9.17) is 28.4 Å². The van der Waals surface area contributed by atoms with Crippen LogP contribution in [-0.4, -0.2) is 193 Å². The molecule has 3 heterocycles. The first-order chi connectivity index (χ1) is 44.8. The lowest BCUT2D eigenvalue weighted by molar-refractivity contribution is -0.379. The van der Waals surface area contributed by atoms with Crippen molar-refractivity contribution in [1.82, 2.24) is 5.32 Å². The second kappa shape index (κ2) is 54.7. The number of carbonyl (C=O) groups excluding carboxylic acids is 1. The summed E-state index contributed by atoms with van der Waals surface area (Å²) >= 11 is 0. The molecule has 538 valence electrons. The zero-order valence-corrected chi connectivity index (χ0v) is 57.0. The first-order valence-electron chi connectivity index (χ1n) is 36.9. The molecule has 0 spiro atoms. The molecule has 0 bridgehead atoms. The first kappa shape index (κ1) is 84.0. The number of hydrogen-bond acceptors (Lipinski definition) is 18. The highest BCUT2D eigenvalue weighted by molar-refractivity contribution is 5.76. The molecule has 0 aliphatic carbocycles. The third-order valence-electron chi connectivity index (χ3n) is 18.4. The molecule has 3 fully saturated rings. The molecule has 17 unspecified atom stereocenters. The predicted octanol–water partition coefficient (Wildman–Crippen LogP) is 10.6. The van der Waals surface area contributed by atoms with Gasteiger partial charge in [0.1, 0.15) is 73.2 Å². The molecule has 0 aromatic rings. The van der Waals surface area contributed by atoms with Crippen LogP contribution in [0.4, 0.5) is 0 Å². The molecule has 0 radical (unpaired) electrons. The summed E-state index contributed by atoms with van der Waals surface area (Å²) in [6, 6.07) is -0.881. The zero-order valence-electron chi connectivity index (χ0n) is 57.0. The molecular formula is C73H133NO18. The second-order valence-corrected chi connectivity index (χ2v) is 26.4. The molecule has 12 N–H and O–H groups in total. The summed E-state index contributed by atoms with van der Waals surface area (Å²) in [7, 11) is 0. The SMILES string of the molecule is CC/C=C\C/C=C\C/C=C\C/C=C\CCCCCCCCCCCCCCCCCCCCCCCCCCCCCCC(=O)NC(COC1OC(CO)C(OC2OC(CO)C(OC3OC(CO)C(O)C(O)C3O)C(O)C2O)C(O)C1O)C(O)CCCCCCCC. The molecular weight excluding hydrogens is 1180 g/mol. The van der Waals surface area contributed by atoms with Crippen molar-refractivity contribution in [2.45, 2.75) is 381 Å². The third kappa shape index (κ3) is 35.8. The lowest BCUT2D eigenvalue weighted by Crippen LogP contribution is -2.66. The van der Waals surface area contributed by atoms with Gasteiger partial charge < -0.3 is 89.9 Å². The molecule has 1 amide bonds. The largest absolute Gasteiger partial charge is 0.394 e. The Bertz CT molecular complexity index is 1860. The molecule has 0 aromatic carbocycles. The van der Waals surface area contributed by atoms with Gasteiger partial charge in [-0.2, -0.15) is 0 Å². The fraction of sp³-hybridized carbons (Fsp3) is 0.877. The molecule has 19 nitrogen and oxygen atoms in total. The van der Waals surface area contributed by atoms with E-state index in [0.29, 0.717) is 12.8 Å². The van der Waals surface area contributed by atoms with Gasteiger partial charge in [0.25, 0.3) is 0 Å². The highest BCUT2D eigenvalue weighted by atomic mass is 16.8. The Balaban J connectivity index is 1.20. The minimum absolute atomic E-state index is 0.244. The average Bonchev–Trinajstić information content (AvgIpc) is 0.817. The van der Waals surface area contributed by atoms with Crippen molar-refractivity contribution >= 4 is 5.91 Å². The maximum atomic E-state index is 13.3. The zero-order chi connectivity index (χ0) is 66.8. The summed E-state index contributed by atoms with van der Waals surface area (Å²) in [4.78, 5) is 13.3. The smallest absolute Gasteiger partial charge is 0.220 e. The van der Waals surface area contributed by atoms with E-state index >= 15 is 0 Å². The number of rotatable bonds is 57. The molecule has 3 aliphatic rings. The van der Waals surface area contributed by atoms with Gasteiger partial charge in [-0.1, -0.05) is 268 Å². The van der Waals surface area contributed by atoms with Crippen molar-refractivity contribution in [1.29, 1.82) is 0 Å². The van der Waals surface area contributed by atoms with Crippen molar-refractivity contribution in [3.63, 3.8) is 0 Å². The van der Waals surface area contributed by atoms with Gasteiger partial charge in [-0.25, -0.2) is 0 Å². The highest BCUT2D eigenvalue weighted by Crippen LogP contribution is 2.33. The number of carbonyl (C=O) groups is 1. The van der Waals surface area contributed by atoms with Crippen LogP contribution in [-0.2, 0) is 33.2 Å². The van der Waals surface area contributed by atoms with E-state index in [9.17, 15) is 61.0 Å². The number of unbranched alkanes of at least 4 members (excludes halogenated alkanes) is 33. The molecule has 17 atom stereocenters. The van der Waals surface area contributed by atoms with Crippen LogP contribution in [0, 0.1) is 0 Å². The van der Waals surface area contributed by atoms with Gasteiger partial charge >= 0.3 is 0 Å². The Labute approximate surface area is 554 Å². The van der Waals surface area contributed by atoms with Crippen LogP contribution in [0.3, 0.4) is 0 Å². The van der Waals surface area contributed by atoms with Crippen molar-refractivity contribution in [3.8, 4) is 0 Å². The predicted molar refractivity (Wildman–Crippen MR) is 360 cm³/mol. The Morgan fingerprint density at radius 1 is 0.402 bits per heavy atom. The monoisotopic (exact) mass is 1310 g/mol. The molecule has 92 heavy (non-hydrogen) atoms. The number of nitrogens with one attached hydrogen (secondary N) is 1. The van der Waals surface area contributed by atoms with Crippen molar-refractivity contribution in [2.24, 2.45) is 0 Å². The minimum atomic E-state index is -1.97. The molecule has 3 rings (SSSR count). The minimum Gasteiger partial charge on any atom is -0.394 e. The van der Waals surface area contributed by atoms with Crippen LogP contribution >= 0.6 is 0 Å². The van der Waals surface area contributed by atoms with Gasteiger partial charge in [0.2, 0.25) is 5.91 Å². The van der Waals surface area contributed by atoms with E-state index in [1.165, 1.54) is 161 Å². The standard InChI is InChI=1S/C73H133NO18/c1-3-5-7-9-11-12-13-14-15-16-17-18-19-20-21-22-23-24-25-26-27-28-29-30-31-32-33-34-35-36-37-38-39-40-41-42-43-44-45-47-49-51-61(79)74-56(57(78)50-48-46-10-8-6-4-2)55-87-71-67(85)64(82)69(59(53-76)89-71)92-73-68(86)65(83)70(60(54-77)90-73)91-72-66(84)63(81)62(80)58(52-75)88-72/h5,7,11-12,14-15,17-18,56-60,62-73,75-78,80-86H,3-4,6,8-10,13,16,19-55H2,1-2H3,(H,74,79)/b7-5-,12-11-,15-14-,18-17-. The highest BCUT2D eigenvalue weighted by Gasteiger charge is 2.53. The fourth-order valence-electron chi connectivity index (χ4n) is 12.5. The Morgan fingerprint density at radius 3 is 1.17 bits per heavy atom. The molecule has 3 aliphatic heterocycles. The first-order valence-corrected chi connectivity index (χ1v) is 36.9. The molecule has 0 saturated carbocycles. The topological polar surface area (TPSA) is 307 Å². The van der Waals surface area contributed by atoms with E-state index in [2.05, 4.69) is 67.8 Å². The fourth-order valence-corrected chi connectivity index (χ4v) is 12.5. The summed E-state index contributed by atoms with van der Waals surface area (Å²) in [6.45, 7) is 1.61. The molecule has 19 heteroatoms. The number of amides is 1. The van der Waals surface area contributed by atoms with Gasteiger partial charge in [-0.15, -0.1) is 0 Å². The molecule has 0 aromatic heterocycles. The van der Waals surface area contributed by atoms with Crippen molar-refractivity contribution < 1.29 is 89.4 Å². The van der Waals surface area contributed by atoms with E-state index in [1.54, 1.807) is 0 Å². The Morgan fingerprint density at radius 2 is 0.750 bits per heavy atom. The number of ether oxygens (including phenoxy) is 6. The van der Waals surface area contributed by atoms with Gasteiger partial charge in [-0.05, 0) is 51.4 Å².